The van der Waals surface area contributed by atoms with E-state index in [2.05, 4.69) is 211 Å². The van der Waals surface area contributed by atoms with Crippen LogP contribution in [-0.2, 0) is 19.3 Å². The Morgan fingerprint density at radius 1 is 0.610 bits per heavy atom. The van der Waals surface area contributed by atoms with Crippen LogP contribution in [-0.4, -0.2) is 7.42 Å². The van der Waals surface area contributed by atoms with Gasteiger partial charge < -0.3 is 24.8 Å². The van der Waals surface area contributed by atoms with E-state index in [0.717, 1.165) is 12.3 Å². The first-order valence-electron chi connectivity index (χ1n) is 21.9. The second kappa shape index (κ2) is 16.4. The molecule has 0 spiro atoms. The van der Waals surface area contributed by atoms with Crippen LogP contribution in [0, 0.1) is 51.8 Å². The van der Waals surface area contributed by atoms with Crippen LogP contribution in [0.15, 0.2) is 179 Å². The third-order valence-corrected chi connectivity index (χ3v) is 29.4. The van der Waals surface area contributed by atoms with Gasteiger partial charge in [-0.2, -0.15) is 0 Å². The van der Waals surface area contributed by atoms with Gasteiger partial charge in [0, 0.05) is 0 Å². The van der Waals surface area contributed by atoms with Crippen LogP contribution < -0.4 is 24.8 Å². The second-order valence-electron chi connectivity index (χ2n) is 19.0. The van der Waals surface area contributed by atoms with Crippen LogP contribution in [0.2, 0.25) is 3.63 Å². The van der Waals surface area contributed by atoms with Crippen LogP contribution in [0.1, 0.15) is 64.5 Å². The SMILES string of the molecule is CC1CCCC2C1C1C3C=CC=CC3C3(C)C=CC=CC3(C)C1(C)[CH]2[Zr+2](=[CH]c1ccc(-c2ccccc2)cc1)(=[CH]c1ccc(-c2ccccc2)cc1)[C]1=CC=CC1.[Cl-].[Cl-]. The molecule has 4 aromatic carbocycles. The molecule has 0 heterocycles. The van der Waals surface area contributed by atoms with E-state index in [1.165, 1.54) is 52.6 Å². The second-order valence-corrected chi connectivity index (χ2v) is 28.1. The molecule has 10 atom stereocenters. The number of benzene rings is 4. The largest absolute Gasteiger partial charge is 1.00 e. The van der Waals surface area contributed by atoms with Gasteiger partial charge in [-0.05, 0) is 0 Å². The minimum atomic E-state index is -3.90. The summed E-state index contributed by atoms with van der Waals surface area (Å²) in [5.41, 5.74) is 8.05. The Balaban J connectivity index is 0.00000242. The van der Waals surface area contributed by atoms with Crippen molar-refractivity contribution in [1.82, 2.24) is 0 Å². The van der Waals surface area contributed by atoms with E-state index in [9.17, 15) is 0 Å². The summed E-state index contributed by atoms with van der Waals surface area (Å²) in [6.07, 6.45) is 32.9. The van der Waals surface area contributed by atoms with E-state index in [0.29, 0.717) is 33.2 Å². The molecule has 300 valence electrons. The van der Waals surface area contributed by atoms with Gasteiger partial charge in [0.15, 0.2) is 0 Å². The Kier molecular flexibility index (Phi) is 11.8. The van der Waals surface area contributed by atoms with E-state index in [1.54, 1.807) is 3.28 Å². The van der Waals surface area contributed by atoms with Crippen molar-refractivity contribution in [3.63, 3.8) is 0 Å². The molecule has 4 aromatic rings. The summed E-state index contributed by atoms with van der Waals surface area (Å²) in [4.78, 5) is 0. The molecule has 0 bridgehead atoms. The molecule has 0 N–H and O–H groups in total. The molecule has 10 rings (SSSR count). The maximum Gasteiger partial charge on any atom is -1.00 e. The minimum Gasteiger partial charge on any atom is -1.00 e. The Hall–Kier alpha value is -3.48. The van der Waals surface area contributed by atoms with Crippen molar-refractivity contribution in [1.29, 1.82) is 0 Å². The average molecular weight is 893 g/mol. The van der Waals surface area contributed by atoms with Crippen molar-refractivity contribution in [3.05, 3.63) is 190 Å². The number of rotatable bonds is 6. The first-order chi connectivity index (χ1) is 27.8. The predicted molar refractivity (Wildman–Crippen MR) is 241 cm³/mol. The Morgan fingerprint density at radius 3 is 1.75 bits per heavy atom. The van der Waals surface area contributed by atoms with Gasteiger partial charge in [0.1, 0.15) is 0 Å². The van der Waals surface area contributed by atoms with Crippen molar-refractivity contribution in [2.24, 2.45) is 51.8 Å². The van der Waals surface area contributed by atoms with Crippen LogP contribution in [0.5, 0.6) is 0 Å². The fourth-order valence-electron chi connectivity index (χ4n) is 14.1. The summed E-state index contributed by atoms with van der Waals surface area (Å²) in [7, 11) is 0. The van der Waals surface area contributed by atoms with E-state index >= 15 is 0 Å². The van der Waals surface area contributed by atoms with Crippen LogP contribution in [0.25, 0.3) is 22.3 Å². The molecule has 3 fully saturated rings. The minimum absolute atomic E-state index is 0. The van der Waals surface area contributed by atoms with Gasteiger partial charge in [-0.25, -0.2) is 0 Å². The molecule has 0 saturated heterocycles. The summed E-state index contributed by atoms with van der Waals surface area (Å²) in [5.74, 6) is 3.80. The smallest absolute Gasteiger partial charge is 1.00 e. The van der Waals surface area contributed by atoms with Crippen molar-refractivity contribution in [2.75, 3.05) is 0 Å². The molecule has 0 nitrogen and oxygen atoms in total. The number of hydrogen-bond acceptors (Lipinski definition) is 0. The maximum atomic E-state index is 2.97. The molecule has 6 aliphatic rings. The molecule has 0 amide bonds. The first-order valence-corrected chi connectivity index (χ1v) is 27.4. The van der Waals surface area contributed by atoms with E-state index in [4.69, 9.17) is 0 Å². The summed E-state index contributed by atoms with van der Waals surface area (Å²) in [6, 6.07) is 41.2. The maximum absolute atomic E-state index is 3.90. The van der Waals surface area contributed by atoms with Crippen LogP contribution in [0.3, 0.4) is 0 Å². The van der Waals surface area contributed by atoms with Gasteiger partial charge in [-0.15, -0.1) is 0 Å². The first kappa shape index (κ1) is 42.2. The van der Waals surface area contributed by atoms with Crippen molar-refractivity contribution >= 4 is 7.42 Å². The van der Waals surface area contributed by atoms with Gasteiger partial charge in [0.05, 0.1) is 0 Å². The molecule has 6 aliphatic carbocycles. The quantitative estimate of drug-likeness (QED) is 0.184. The molecular weight excluding hydrogens is 835 g/mol. The Bertz CT molecular complexity index is 2380. The van der Waals surface area contributed by atoms with E-state index in [1.807, 2.05) is 0 Å². The van der Waals surface area contributed by atoms with E-state index < -0.39 is 19.3 Å². The third kappa shape index (κ3) is 6.55. The summed E-state index contributed by atoms with van der Waals surface area (Å²) >= 11 is -3.90. The van der Waals surface area contributed by atoms with Crippen LogP contribution >= 0.6 is 0 Å². The number of halogens is 2. The van der Waals surface area contributed by atoms with Gasteiger partial charge in [-0.3, -0.25) is 0 Å². The molecule has 0 aromatic heterocycles. The topological polar surface area (TPSA) is 0 Å². The molecule has 10 unspecified atom stereocenters. The molecule has 3 saturated carbocycles. The normalized spacial score (nSPS) is 32.8. The molecular formula is C56H58Cl2Zr. The van der Waals surface area contributed by atoms with Crippen molar-refractivity contribution < 1.29 is 44.1 Å². The van der Waals surface area contributed by atoms with E-state index in [-0.39, 0.29) is 41.1 Å². The van der Waals surface area contributed by atoms with Gasteiger partial charge >= 0.3 is 348 Å². The van der Waals surface area contributed by atoms with Gasteiger partial charge in [0.25, 0.3) is 0 Å². The van der Waals surface area contributed by atoms with Gasteiger partial charge in [0.2, 0.25) is 0 Å². The number of fused-ring (bicyclic) bond motifs is 8. The fraction of sp³-hybridized carbons (Fsp3) is 0.321. The zero-order valence-electron chi connectivity index (χ0n) is 35.0. The molecule has 3 heteroatoms. The third-order valence-electron chi connectivity index (χ3n) is 16.7. The number of hydrogen-bond donors (Lipinski definition) is 0. The zero-order chi connectivity index (χ0) is 38.8. The zero-order valence-corrected chi connectivity index (χ0v) is 39.0. The molecule has 0 radical (unpaired) electrons. The molecule has 59 heavy (non-hydrogen) atoms. The summed E-state index contributed by atoms with van der Waals surface area (Å²) < 4.78 is 8.29. The fourth-order valence-corrected chi connectivity index (χ4v) is 29.2. The number of allylic oxidation sites excluding steroid dienone is 12. The van der Waals surface area contributed by atoms with Crippen LogP contribution in [0.4, 0.5) is 0 Å². The Labute approximate surface area is 370 Å². The summed E-state index contributed by atoms with van der Waals surface area (Å²) in [5, 5.41) is 0. The standard InChI is InChI=1S/C25H33.2C13H10.C5H5.2ClH.Zr/c1-17-10-9-11-18-16-24(3)22(21(17)18)19-12-5-6-13-20(19)23(2)14-7-8-15-25(23,24)4;2*1-11-7-9-13(10-8-11)12-5-3-2-4-6-12;1-2-4-5-3-1;;;/h5-8,12-22H,9-11H2,1-4H3;2*1-10H;1-3H,4H2;2*1H;/q;;;;;;+2/p-2. The van der Waals surface area contributed by atoms with Gasteiger partial charge in [-0.1, -0.05) is 0 Å². The Morgan fingerprint density at radius 2 is 1.17 bits per heavy atom. The average Bonchev–Trinajstić information content (AvgIpc) is 3.90. The summed E-state index contributed by atoms with van der Waals surface area (Å²) in [6.45, 7) is 10.9. The van der Waals surface area contributed by atoms with Crippen molar-refractivity contribution in [2.45, 2.75) is 57.0 Å². The molecule has 0 aliphatic heterocycles. The monoisotopic (exact) mass is 890 g/mol. The predicted octanol–water partition coefficient (Wildman–Crippen LogP) is 8.01. The van der Waals surface area contributed by atoms with Crippen molar-refractivity contribution in [3.8, 4) is 22.3 Å².